The Bertz CT molecular complexity index is 1350. The van der Waals surface area contributed by atoms with Gasteiger partial charge in [0, 0.05) is 26.2 Å². The van der Waals surface area contributed by atoms with Crippen molar-refractivity contribution >= 4 is 38.8 Å². The van der Waals surface area contributed by atoms with Crippen LogP contribution in [0.2, 0.25) is 0 Å². The second-order valence-electron chi connectivity index (χ2n) is 8.02. The summed E-state index contributed by atoms with van der Waals surface area (Å²) in [6, 6.07) is 10.1. The highest BCUT2D eigenvalue weighted by atomic mass is 32.1. The number of fused-ring (bicyclic) bond motifs is 1. The fourth-order valence-corrected chi connectivity index (χ4v) is 4.94. The van der Waals surface area contributed by atoms with Crippen LogP contribution in [0.3, 0.4) is 0 Å². The number of halogens is 1. The number of thiazole rings is 1. The molecule has 4 aromatic rings. The molecule has 1 aromatic carbocycles. The number of hydrogen-bond acceptors (Lipinski definition) is 7. The minimum absolute atomic E-state index is 0.158. The largest absolute Gasteiger partial charge is 0.354 e. The fourth-order valence-electron chi connectivity index (χ4n) is 4.10. The van der Waals surface area contributed by atoms with Crippen LogP contribution < -0.4 is 15.5 Å². The Morgan fingerprint density at radius 2 is 2.03 bits per heavy atom. The summed E-state index contributed by atoms with van der Waals surface area (Å²) in [6.07, 6.45) is 1.67. The van der Waals surface area contributed by atoms with Crippen LogP contribution in [-0.4, -0.2) is 45.8 Å². The number of hydrogen-bond donors (Lipinski definition) is 1. The third kappa shape index (κ3) is 3.79. The summed E-state index contributed by atoms with van der Waals surface area (Å²) in [7, 11) is 1.91. The number of nitrogens with two attached hydrogens (primary N) is 1. The van der Waals surface area contributed by atoms with Gasteiger partial charge in [-0.2, -0.15) is 4.52 Å². The van der Waals surface area contributed by atoms with Crippen LogP contribution in [-0.2, 0) is 6.42 Å². The van der Waals surface area contributed by atoms with Gasteiger partial charge < -0.3 is 15.5 Å². The molecule has 1 aliphatic rings. The number of nitrogens with zero attached hydrogens (tertiary/aromatic N) is 7. The second kappa shape index (κ2) is 8.42. The number of aromatic nitrogens is 4. The van der Waals surface area contributed by atoms with E-state index >= 15 is 0 Å². The van der Waals surface area contributed by atoms with Gasteiger partial charge in [0.2, 0.25) is 0 Å². The molecule has 0 saturated carbocycles. The molecule has 1 aliphatic heterocycles. The van der Waals surface area contributed by atoms with Crippen LogP contribution in [0.15, 0.2) is 36.4 Å². The molecule has 0 spiro atoms. The highest BCUT2D eigenvalue weighted by molar-refractivity contribution is 7.20. The lowest BCUT2D eigenvalue weighted by Crippen LogP contribution is -2.27. The van der Waals surface area contributed by atoms with Crippen molar-refractivity contribution in [3.05, 3.63) is 59.3 Å². The molecule has 2 N–H and O–H groups in total. The zero-order valence-electron chi connectivity index (χ0n) is 18.4. The first-order chi connectivity index (χ1) is 16.0. The van der Waals surface area contributed by atoms with Gasteiger partial charge in [-0.05, 0) is 42.7 Å². The Morgan fingerprint density at radius 1 is 1.24 bits per heavy atom. The van der Waals surface area contributed by atoms with Crippen molar-refractivity contribution in [1.82, 2.24) is 19.6 Å². The van der Waals surface area contributed by atoms with E-state index in [0.717, 1.165) is 48.9 Å². The van der Waals surface area contributed by atoms with E-state index in [9.17, 15) is 4.39 Å². The van der Waals surface area contributed by atoms with E-state index in [4.69, 9.17) is 27.4 Å². The molecule has 1 atom stereocenters. The summed E-state index contributed by atoms with van der Waals surface area (Å²) in [6.45, 7) is 11.3. The molecule has 5 rings (SSSR count). The van der Waals surface area contributed by atoms with Crippen LogP contribution in [0.4, 0.5) is 26.2 Å². The molecule has 1 fully saturated rings. The minimum Gasteiger partial charge on any atom is -0.354 e. The van der Waals surface area contributed by atoms with E-state index < -0.39 is 0 Å². The third-order valence-corrected chi connectivity index (χ3v) is 6.84. The summed E-state index contributed by atoms with van der Waals surface area (Å²) in [4.78, 5) is 17.3. The van der Waals surface area contributed by atoms with Gasteiger partial charge in [-0.25, -0.2) is 19.2 Å². The number of imidazole rings is 1. The van der Waals surface area contributed by atoms with Crippen LogP contribution in [0.1, 0.15) is 19.0 Å². The highest BCUT2D eigenvalue weighted by Gasteiger charge is 2.25. The van der Waals surface area contributed by atoms with Gasteiger partial charge in [0.1, 0.15) is 11.6 Å². The van der Waals surface area contributed by atoms with Gasteiger partial charge in [-0.15, -0.1) is 16.4 Å². The number of aryl methyl sites for hydroxylation is 1. The van der Waals surface area contributed by atoms with Gasteiger partial charge in [-0.3, -0.25) is 0 Å². The molecule has 0 amide bonds. The lowest BCUT2D eigenvalue weighted by atomic mass is 10.1. The van der Waals surface area contributed by atoms with Crippen molar-refractivity contribution in [3.8, 4) is 11.3 Å². The molecular weight excluding hydrogens is 439 g/mol. The molecule has 0 aliphatic carbocycles. The number of rotatable bonds is 5. The van der Waals surface area contributed by atoms with Gasteiger partial charge in [-0.1, -0.05) is 19.1 Å². The number of anilines is 3. The van der Waals surface area contributed by atoms with E-state index in [1.165, 1.54) is 23.5 Å². The summed E-state index contributed by atoms with van der Waals surface area (Å²) >= 11 is 1.29. The minimum atomic E-state index is -0.324. The van der Waals surface area contributed by atoms with Crippen molar-refractivity contribution in [2.45, 2.75) is 25.8 Å². The predicted molar refractivity (Wildman–Crippen MR) is 129 cm³/mol. The zero-order valence-corrected chi connectivity index (χ0v) is 19.2. The van der Waals surface area contributed by atoms with E-state index in [1.54, 1.807) is 12.1 Å². The van der Waals surface area contributed by atoms with Crippen LogP contribution in [0.5, 0.6) is 0 Å². The monoisotopic (exact) mass is 462 g/mol. The average molecular weight is 463 g/mol. The molecule has 8 nitrogen and oxygen atoms in total. The maximum atomic E-state index is 13.4. The first-order valence-corrected chi connectivity index (χ1v) is 11.6. The Balaban J connectivity index is 1.58. The molecule has 1 saturated heterocycles. The van der Waals surface area contributed by atoms with Crippen molar-refractivity contribution < 1.29 is 4.39 Å². The fraction of sp³-hybridized carbons (Fsp3) is 0.304. The van der Waals surface area contributed by atoms with Crippen molar-refractivity contribution in [3.63, 3.8) is 0 Å². The van der Waals surface area contributed by atoms with Gasteiger partial charge >= 0.3 is 0 Å². The Hall–Kier alpha value is -3.55. The van der Waals surface area contributed by atoms with Gasteiger partial charge in [0.15, 0.2) is 16.6 Å². The molecular formula is C23H23FN8S. The van der Waals surface area contributed by atoms with E-state index in [0.29, 0.717) is 21.4 Å². The molecule has 0 radical (unpaired) electrons. The Labute approximate surface area is 194 Å². The number of benzene rings is 1. The van der Waals surface area contributed by atoms with Gasteiger partial charge in [0.25, 0.3) is 5.00 Å². The van der Waals surface area contributed by atoms with E-state index in [-0.39, 0.29) is 11.9 Å². The van der Waals surface area contributed by atoms with Crippen LogP contribution in [0, 0.1) is 12.4 Å². The molecule has 3 aromatic heterocycles. The SMILES string of the molecule is [C-]#[N+]c1sc(N(C)c2c(CC)nc3ccc(N4CC[C@@H](N)C4)nn23)nc1-c1ccc(F)cc1. The Morgan fingerprint density at radius 3 is 2.70 bits per heavy atom. The van der Waals surface area contributed by atoms with Crippen LogP contribution in [0.25, 0.3) is 21.7 Å². The van der Waals surface area contributed by atoms with E-state index in [2.05, 4.69) is 16.7 Å². The lowest BCUT2D eigenvalue weighted by Gasteiger charge is -2.19. The average Bonchev–Trinajstić information content (AvgIpc) is 3.54. The maximum absolute atomic E-state index is 13.4. The smallest absolute Gasteiger partial charge is 0.270 e. The molecule has 168 valence electrons. The molecule has 10 heteroatoms. The molecule has 4 heterocycles. The van der Waals surface area contributed by atoms with Crippen molar-refractivity contribution in [2.24, 2.45) is 5.73 Å². The van der Waals surface area contributed by atoms with Crippen molar-refractivity contribution in [1.29, 1.82) is 0 Å². The summed E-state index contributed by atoms with van der Waals surface area (Å²) in [5, 5.41) is 5.98. The lowest BCUT2D eigenvalue weighted by molar-refractivity contribution is 0.628. The molecule has 0 bridgehead atoms. The molecule has 33 heavy (non-hydrogen) atoms. The molecule has 0 unspecified atom stereocenters. The zero-order chi connectivity index (χ0) is 23.1. The quantitative estimate of drug-likeness (QED) is 0.443. The predicted octanol–water partition coefficient (Wildman–Crippen LogP) is 4.41. The highest BCUT2D eigenvalue weighted by Crippen LogP contribution is 2.42. The first kappa shape index (κ1) is 21.3. The van der Waals surface area contributed by atoms with Crippen LogP contribution >= 0.6 is 11.3 Å². The second-order valence-corrected chi connectivity index (χ2v) is 8.98. The summed E-state index contributed by atoms with van der Waals surface area (Å²) < 4.78 is 15.2. The Kier molecular flexibility index (Phi) is 5.44. The van der Waals surface area contributed by atoms with E-state index in [1.807, 2.05) is 28.6 Å². The third-order valence-electron chi connectivity index (χ3n) is 5.81. The topological polar surface area (TPSA) is 79.9 Å². The summed E-state index contributed by atoms with van der Waals surface area (Å²) in [5.41, 5.74) is 8.99. The maximum Gasteiger partial charge on any atom is 0.270 e. The normalized spacial score (nSPS) is 15.8. The standard InChI is InChI=1S/C23H23FN8S/c1-4-17-22(32-18(27-17)9-10-19(29-32)31-12-11-16(25)13-31)30(3)23-28-20(21(26-2)33-23)14-5-7-15(24)8-6-14/h5-10,16H,4,11-13,25H2,1,3H3/t16-/m1/s1. The van der Waals surface area contributed by atoms with Gasteiger partial charge in [0.05, 0.1) is 18.0 Å². The van der Waals surface area contributed by atoms with Crippen molar-refractivity contribution in [2.75, 3.05) is 29.9 Å². The first-order valence-electron chi connectivity index (χ1n) is 10.8. The summed E-state index contributed by atoms with van der Waals surface area (Å²) in [5.74, 6) is 1.35.